The maximum atomic E-state index is 10.9. The van der Waals surface area contributed by atoms with Crippen LogP contribution < -0.4 is 5.32 Å². The van der Waals surface area contributed by atoms with Crippen molar-refractivity contribution >= 4 is 17.4 Å². The first-order chi connectivity index (χ1) is 6.72. The number of aryl methyl sites for hydroxylation is 1. The van der Waals surface area contributed by atoms with Crippen LogP contribution in [0.15, 0.2) is 6.20 Å². The zero-order valence-corrected chi connectivity index (χ0v) is 8.63. The van der Waals surface area contributed by atoms with E-state index < -0.39 is 6.09 Å². The zero-order valence-electron chi connectivity index (χ0n) is 7.82. The average molecular weight is 216 g/mol. The molecule has 0 spiro atoms. The van der Waals surface area contributed by atoms with Gasteiger partial charge in [-0.3, -0.25) is 0 Å². The Bertz CT molecular complexity index is 301. The number of nitrogens with zero attached hydrogens (tertiary/aromatic N) is 1. The molecule has 0 fully saturated rings. The van der Waals surface area contributed by atoms with Crippen LogP contribution in [0.1, 0.15) is 9.88 Å². The second-order valence-electron chi connectivity index (χ2n) is 2.58. The van der Waals surface area contributed by atoms with Gasteiger partial charge in [-0.2, -0.15) is 0 Å². The van der Waals surface area contributed by atoms with Crippen LogP contribution in [-0.4, -0.2) is 29.4 Å². The van der Waals surface area contributed by atoms with Gasteiger partial charge in [-0.05, 0) is 6.92 Å². The molecule has 0 radical (unpaired) electrons. The number of thiazole rings is 1. The fraction of sp³-hybridized carbons (Fsp3) is 0.500. The number of hydrogen-bond acceptors (Lipinski definition) is 5. The Morgan fingerprint density at radius 1 is 1.79 bits per heavy atom. The molecule has 0 aliphatic rings. The minimum Gasteiger partial charge on any atom is -0.447 e. The van der Waals surface area contributed by atoms with Gasteiger partial charge in [0.15, 0.2) is 0 Å². The second kappa shape index (κ2) is 5.56. The van der Waals surface area contributed by atoms with E-state index in [1.165, 1.54) is 11.3 Å². The van der Waals surface area contributed by atoms with Crippen LogP contribution in [0.2, 0.25) is 0 Å². The summed E-state index contributed by atoms with van der Waals surface area (Å²) >= 11 is 1.52. The molecule has 78 valence electrons. The molecular weight excluding hydrogens is 204 g/mol. The maximum Gasteiger partial charge on any atom is 0.407 e. The van der Waals surface area contributed by atoms with Gasteiger partial charge in [0.1, 0.15) is 11.6 Å². The predicted octanol–water partition coefficient (Wildman–Crippen LogP) is 0.670. The van der Waals surface area contributed by atoms with Crippen molar-refractivity contribution in [3.63, 3.8) is 0 Å². The zero-order chi connectivity index (χ0) is 10.4. The lowest BCUT2D eigenvalue weighted by molar-refractivity contribution is 0.119. The SMILES string of the molecule is Cc1cnc(CNC(=O)OCCO)s1. The monoisotopic (exact) mass is 216 g/mol. The molecular formula is C8H12N2O3S. The second-order valence-corrected chi connectivity index (χ2v) is 3.90. The molecule has 5 nitrogen and oxygen atoms in total. The largest absolute Gasteiger partial charge is 0.447 e. The number of ether oxygens (including phenoxy) is 1. The van der Waals surface area contributed by atoms with E-state index in [-0.39, 0.29) is 13.2 Å². The van der Waals surface area contributed by atoms with E-state index in [4.69, 9.17) is 5.11 Å². The van der Waals surface area contributed by atoms with Gasteiger partial charge in [-0.25, -0.2) is 9.78 Å². The number of aromatic nitrogens is 1. The normalized spacial score (nSPS) is 9.86. The highest BCUT2D eigenvalue weighted by molar-refractivity contribution is 7.11. The van der Waals surface area contributed by atoms with E-state index in [1.807, 2.05) is 6.92 Å². The van der Waals surface area contributed by atoms with E-state index in [1.54, 1.807) is 6.20 Å². The van der Waals surface area contributed by atoms with Crippen LogP contribution in [0.5, 0.6) is 0 Å². The maximum absolute atomic E-state index is 10.9. The molecule has 1 heterocycles. The topological polar surface area (TPSA) is 71.5 Å². The Labute approximate surface area is 85.7 Å². The third-order valence-corrected chi connectivity index (χ3v) is 2.29. The molecule has 1 aromatic heterocycles. The molecule has 6 heteroatoms. The number of carbonyl (C=O) groups is 1. The van der Waals surface area contributed by atoms with Crippen LogP contribution in [0.3, 0.4) is 0 Å². The first-order valence-electron chi connectivity index (χ1n) is 4.15. The first-order valence-corrected chi connectivity index (χ1v) is 4.97. The van der Waals surface area contributed by atoms with E-state index >= 15 is 0 Å². The smallest absolute Gasteiger partial charge is 0.407 e. The van der Waals surface area contributed by atoms with Crippen molar-refractivity contribution in [2.24, 2.45) is 0 Å². The Morgan fingerprint density at radius 2 is 2.57 bits per heavy atom. The Hall–Kier alpha value is -1.14. The van der Waals surface area contributed by atoms with Gasteiger partial charge in [-0.15, -0.1) is 11.3 Å². The summed E-state index contributed by atoms with van der Waals surface area (Å²) in [6, 6.07) is 0. The summed E-state index contributed by atoms with van der Waals surface area (Å²) in [5, 5.41) is 11.7. The van der Waals surface area contributed by atoms with Crippen molar-refractivity contribution in [1.82, 2.24) is 10.3 Å². The molecule has 1 aromatic rings. The number of aliphatic hydroxyl groups excluding tert-OH is 1. The van der Waals surface area contributed by atoms with Gasteiger partial charge in [0.25, 0.3) is 0 Å². The molecule has 0 atom stereocenters. The minimum atomic E-state index is -0.535. The van der Waals surface area contributed by atoms with E-state index in [0.29, 0.717) is 6.54 Å². The fourth-order valence-electron chi connectivity index (χ4n) is 0.820. The van der Waals surface area contributed by atoms with Gasteiger partial charge in [0, 0.05) is 11.1 Å². The van der Waals surface area contributed by atoms with E-state index in [9.17, 15) is 4.79 Å². The van der Waals surface area contributed by atoms with Crippen molar-refractivity contribution in [3.8, 4) is 0 Å². The fourth-order valence-corrected chi connectivity index (χ4v) is 1.55. The summed E-state index contributed by atoms with van der Waals surface area (Å²) in [6.45, 7) is 2.17. The highest BCUT2D eigenvalue weighted by atomic mass is 32.1. The standard InChI is InChI=1S/C8H12N2O3S/c1-6-4-9-7(14-6)5-10-8(12)13-3-2-11/h4,11H,2-3,5H2,1H3,(H,10,12). The number of amides is 1. The van der Waals surface area contributed by atoms with Crippen molar-refractivity contribution in [2.45, 2.75) is 13.5 Å². The third-order valence-electron chi connectivity index (χ3n) is 1.38. The lowest BCUT2D eigenvalue weighted by Crippen LogP contribution is -2.24. The molecule has 0 aromatic carbocycles. The molecule has 0 bridgehead atoms. The molecule has 2 N–H and O–H groups in total. The number of rotatable bonds is 4. The summed E-state index contributed by atoms with van der Waals surface area (Å²) in [5.74, 6) is 0. The molecule has 1 rings (SSSR count). The Balaban J connectivity index is 2.23. The summed E-state index contributed by atoms with van der Waals surface area (Å²) in [4.78, 5) is 16.1. The number of aliphatic hydroxyl groups is 1. The third kappa shape index (κ3) is 3.71. The summed E-state index contributed by atoms with van der Waals surface area (Å²) in [7, 11) is 0. The number of nitrogens with one attached hydrogen (secondary N) is 1. The molecule has 0 aliphatic heterocycles. The summed E-state index contributed by atoms with van der Waals surface area (Å²) in [6.07, 6.45) is 1.22. The minimum absolute atomic E-state index is 0.0166. The summed E-state index contributed by atoms with van der Waals surface area (Å²) in [5.41, 5.74) is 0. The number of hydrogen-bond donors (Lipinski definition) is 2. The molecule has 0 unspecified atom stereocenters. The Kier molecular flexibility index (Phi) is 4.34. The predicted molar refractivity (Wildman–Crippen MR) is 52.1 cm³/mol. The highest BCUT2D eigenvalue weighted by Gasteiger charge is 2.03. The van der Waals surface area contributed by atoms with Crippen LogP contribution in [0, 0.1) is 6.92 Å². The first kappa shape index (κ1) is 10.9. The van der Waals surface area contributed by atoms with Crippen molar-refractivity contribution < 1.29 is 14.6 Å². The molecule has 14 heavy (non-hydrogen) atoms. The molecule has 0 aliphatic carbocycles. The number of carbonyl (C=O) groups excluding carboxylic acids is 1. The van der Waals surface area contributed by atoms with Crippen molar-refractivity contribution in [1.29, 1.82) is 0 Å². The van der Waals surface area contributed by atoms with Crippen LogP contribution in [-0.2, 0) is 11.3 Å². The number of alkyl carbamates (subject to hydrolysis) is 1. The highest BCUT2D eigenvalue weighted by Crippen LogP contribution is 2.10. The van der Waals surface area contributed by atoms with Crippen LogP contribution >= 0.6 is 11.3 Å². The molecule has 0 saturated heterocycles. The van der Waals surface area contributed by atoms with Gasteiger partial charge in [0.05, 0.1) is 13.2 Å². The Morgan fingerprint density at radius 3 is 3.14 bits per heavy atom. The van der Waals surface area contributed by atoms with Crippen LogP contribution in [0.4, 0.5) is 4.79 Å². The van der Waals surface area contributed by atoms with Gasteiger partial charge in [0.2, 0.25) is 0 Å². The molecule has 1 amide bonds. The average Bonchev–Trinajstić information content (AvgIpc) is 2.58. The van der Waals surface area contributed by atoms with Crippen molar-refractivity contribution in [2.75, 3.05) is 13.2 Å². The van der Waals surface area contributed by atoms with E-state index in [2.05, 4.69) is 15.0 Å². The lowest BCUT2D eigenvalue weighted by atomic mass is 10.6. The summed E-state index contributed by atoms with van der Waals surface area (Å²) < 4.78 is 4.60. The van der Waals surface area contributed by atoms with Crippen molar-refractivity contribution in [3.05, 3.63) is 16.1 Å². The van der Waals surface area contributed by atoms with E-state index in [0.717, 1.165) is 9.88 Å². The lowest BCUT2D eigenvalue weighted by Gasteiger charge is -2.03. The van der Waals surface area contributed by atoms with Gasteiger partial charge >= 0.3 is 6.09 Å². The van der Waals surface area contributed by atoms with Gasteiger partial charge in [-0.1, -0.05) is 0 Å². The van der Waals surface area contributed by atoms with Gasteiger partial charge < -0.3 is 15.2 Å². The molecule has 0 saturated carbocycles. The van der Waals surface area contributed by atoms with Crippen LogP contribution in [0.25, 0.3) is 0 Å². The quantitative estimate of drug-likeness (QED) is 0.776.